The maximum Gasteiger partial charge on any atom is 0.165 e. The van der Waals surface area contributed by atoms with Crippen molar-refractivity contribution < 1.29 is 5.11 Å². The molecule has 15 heavy (non-hydrogen) atoms. The molecule has 2 aromatic rings. The number of nitriles is 1. The molecule has 0 aliphatic heterocycles. The van der Waals surface area contributed by atoms with E-state index in [1.807, 2.05) is 30.3 Å². The van der Waals surface area contributed by atoms with Crippen molar-refractivity contribution in [3.8, 4) is 6.07 Å². The molecule has 0 aromatic heterocycles. The Morgan fingerprint density at radius 1 is 1.13 bits per heavy atom. The molecule has 0 saturated heterocycles. The quantitative estimate of drug-likeness (QED) is 0.802. The van der Waals surface area contributed by atoms with E-state index in [4.69, 9.17) is 5.26 Å². The first kappa shape index (κ1) is 10.2. The molecule has 0 saturated carbocycles. The van der Waals surface area contributed by atoms with Crippen molar-refractivity contribution in [2.24, 2.45) is 0 Å². The average Bonchev–Trinajstić information content (AvgIpc) is 2.27. The van der Waals surface area contributed by atoms with E-state index in [1.165, 1.54) is 0 Å². The van der Waals surface area contributed by atoms with Crippen LogP contribution < -0.4 is 0 Å². The van der Waals surface area contributed by atoms with Crippen LogP contribution in [0.3, 0.4) is 0 Å². The molecule has 2 rings (SSSR count). The van der Waals surface area contributed by atoms with Crippen LogP contribution >= 0.6 is 15.9 Å². The van der Waals surface area contributed by atoms with Crippen LogP contribution in [-0.4, -0.2) is 5.11 Å². The summed E-state index contributed by atoms with van der Waals surface area (Å²) in [7, 11) is 0. The SMILES string of the molecule is N#CC(O)c1ccc2cc(Br)ccc2c1. The predicted octanol–water partition coefficient (Wildman–Crippen LogP) is 3.16. The molecule has 0 aliphatic carbocycles. The highest BCUT2D eigenvalue weighted by molar-refractivity contribution is 9.10. The fraction of sp³-hybridized carbons (Fsp3) is 0.0833. The molecule has 0 amide bonds. The Morgan fingerprint density at radius 2 is 1.80 bits per heavy atom. The summed E-state index contributed by atoms with van der Waals surface area (Å²) in [6.45, 7) is 0. The first-order valence-electron chi connectivity index (χ1n) is 4.47. The molecule has 0 bridgehead atoms. The Kier molecular flexibility index (Phi) is 2.72. The highest BCUT2D eigenvalue weighted by Crippen LogP contribution is 2.23. The lowest BCUT2D eigenvalue weighted by Gasteiger charge is -2.04. The van der Waals surface area contributed by atoms with Gasteiger partial charge in [-0.1, -0.05) is 34.1 Å². The molecule has 0 radical (unpaired) electrons. The molecule has 0 spiro atoms. The molecule has 1 atom stereocenters. The van der Waals surface area contributed by atoms with Crippen LogP contribution in [0.5, 0.6) is 0 Å². The Bertz CT molecular complexity index is 545. The summed E-state index contributed by atoms with van der Waals surface area (Å²) >= 11 is 3.39. The van der Waals surface area contributed by atoms with Gasteiger partial charge < -0.3 is 5.11 Å². The number of aliphatic hydroxyl groups excluding tert-OH is 1. The number of rotatable bonds is 1. The highest BCUT2D eigenvalue weighted by atomic mass is 79.9. The van der Waals surface area contributed by atoms with Crippen molar-refractivity contribution in [2.75, 3.05) is 0 Å². The molecule has 0 aliphatic rings. The molecule has 74 valence electrons. The maximum absolute atomic E-state index is 9.37. The van der Waals surface area contributed by atoms with Gasteiger partial charge in [0.2, 0.25) is 0 Å². The van der Waals surface area contributed by atoms with E-state index in [1.54, 1.807) is 12.1 Å². The summed E-state index contributed by atoms with van der Waals surface area (Å²) in [6.07, 6.45) is -1.04. The van der Waals surface area contributed by atoms with Gasteiger partial charge in [-0.05, 0) is 34.5 Å². The van der Waals surface area contributed by atoms with Crippen molar-refractivity contribution in [3.05, 3.63) is 46.4 Å². The second-order valence-corrected chi connectivity index (χ2v) is 4.20. The van der Waals surface area contributed by atoms with Gasteiger partial charge in [-0.25, -0.2) is 0 Å². The van der Waals surface area contributed by atoms with Gasteiger partial charge in [0.15, 0.2) is 6.10 Å². The minimum absolute atomic E-state index is 0.632. The average molecular weight is 262 g/mol. The third kappa shape index (κ3) is 2.01. The van der Waals surface area contributed by atoms with E-state index in [0.29, 0.717) is 5.56 Å². The van der Waals surface area contributed by atoms with Gasteiger partial charge in [0.25, 0.3) is 0 Å². The van der Waals surface area contributed by atoms with Gasteiger partial charge in [-0.2, -0.15) is 5.26 Å². The Hall–Kier alpha value is -1.37. The molecule has 2 nitrogen and oxygen atoms in total. The molecule has 2 aromatic carbocycles. The number of fused-ring (bicyclic) bond motifs is 1. The number of halogens is 1. The fourth-order valence-corrected chi connectivity index (χ4v) is 1.86. The van der Waals surface area contributed by atoms with E-state index in [-0.39, 0.29) is 0 Å². The number of hydrogen-bond acceptors (Lipinski definition) is 2. The number of hydrogen-bond donors (Lipinski definition) is 1. The van der Waals surface area contributed by atoms with Crippen molar-refractivity contribution >= 4 is 26.7 Å². The van der Waals surface area contributed by atoms with Crippen LogP contribution in [0.1, 0.15) is 11.7 Å². The summed E-state index contributed by atoms with van der Waals surface area (Å²) in [5.41, 5.74) is 0.632. The first-order chi connectivity index (χ1) is 7.20. The first-order valence-corrected chi connectivity index (χ1v) is 5.27. The number of benzene rings is 2. The van der Waals surface area contributed by atoms with E-state index >= 15 is 0 Å². The highest BCUT2D eigenvalue weighted by Gasteiger charge is 2.05. The molecule has 1 unspecified atom stereocenters. The van der Waals surface area contributed by atoms with Gasteiger partial charge >= 0.3 is 0 Å². The van der Waals surface area contributed by atoms with Crippen LogP contribution in [0.15, 0.2) is 40.9 Å². The van der Waals surface area contributed by atoms with Crippen molar-refractivity contribution in [1.82, 2.24) is 0 Å². The van der Waals surface area contributed by atoms with Crippen LogP contribution in [0.25, 0.3) is 10.8 Å². The van der Waals surface area contributed by atoms with Gasteiger partial charge in [0.1, 0.15) is 0 Å². The maximum atomic E-state index is 9.37. The summed E-state index contributed by atoms with van der Waals surface area (Å²) in [5.74, 6) is 0. The third-order valence-electron chi connectivity index (χ3n) is 2.26. The molecule has 0 heterocycles. The van der Waals surface area contributed by atoms with Gasteiger partial charge in [-0.3, -0.25) is 0 Å². The molecular formula is C12H8BrNO. The largest absolute Gasteiger partial charge is 0.374 e. The van der Waals surface area contributed by atoms with E-state index in [2.05, 4.69) is 15.9 Å². The minimum atomic E-state index is -1.04. The van der Waals surface area contributed by atoms with E-state index < -0.39 is 6.10 Å². The third-order valence-corrected chi connectivity index (χ3v) is 2.76. The topological polar surface area (TPSA) is 44.0 Å². The summed E-state index contributed by atoms with van der Waals surface area (Å²) in [5, 5.41) is 20.1. The predicted molar refractivity (Wildman–Crippen MR) is 62.2 cm³/mol. The molecule has 3 heteroatoms. The lowest BCUT2D eigenvalue weighted by Crippen LogP contribution is -1.92. The standard InChI is InChI=1S/C12H8BrNO/c13-11-4-3-8-5-10(12(15)7-14)2-1-9(8)6-11/h1-6,12,15H. The summed E-state index contributed by atoms with van der Waals surface area (Å²) in [6, 6.07) is 13.2. The minimum Gasteiger partial charge on any atom is -0.374 e. The smallest absolute Gasteiger partial charge is 0.165 e. The van der Waals surface area contributed by atoms with Crippen molar-refractivity contribution in [3.63, 3.8) is 0 Å². The van der Waals surface area contributed by atoms with Crippen LogP contribution in [0.2, 0.25) is 0 Å². The number of nitrogens with zero attached hydrogens (tertiary/aromatic N) is 1. The lowest BCUT2D eigenvalue weighted by molar-refractivity contribution is 0.236. The fourth-order valence-electron chi connectivity index (χ4n) is 1.48. The van der Waals surface area contributed by atoms with Crippen LogP contribution in [0, 0.1) is 11.3 Å². The second-order valence-electron chi connectivity index (χ2n) is 3.28. The van der Waals surface area contributed by atoms with Crippen LogP contribution in [-0.2, 0) is 0 Å². The summed E-state index contributed by atoms with van der Waals surface area (Å²) in [4.78, 5) is 0. The van der Waals surface area contributed by atoms with Gasteiger partial charge in [-0.15, -0.1) is 0 Å². The molecule has 0 fully saturated rings. The van der Waals surface area contributed by atoms with Crippen molar-refractivity contribution in [2.45, 2.75) is 6.10 Å². The Balaban J connectivity index is 2.58. The van der Waals surface area contributed by atoms with E-state index in [9.17, 15) is 5.11 Å². The zero-order valence-corrected chi connectivity index (χ0v) is 9.40. The molecular weight excluding hydrogens is 254 g/mol. The van der Waals surface area contributed by atoms with E-state index in [0.717, 1.165) is 15.2 Å². The monoisotopic (exact) mass is 261 g/mol. The van der Waals surface area contributed by atoms with Gasteiger partial charge in [0.05, 0.1) is 6.07 Å². The zero-order chi connectivity index (χ0) is 10.8. The Morgan fingerprint density at radius 3 is 2.53 bits per heavy atom. The Labute approximate surface area is 95.9 Å². The number of aliphatic hydroxyl groups is 1. The van der Waals surface area contributed by atoms with Crippen molar-refractivity contribution in [1.29, 1.82) is 5.26 Å². The molecule has 1 N–H and O–H groups in total. The lowest BCUT2D eigenvalue weighted by atomic mass is 10.0. The second kappa shape index (κ2) is 4.01. The summed E-state index contributed by atoms with van der Waals surface area (Å²) < 4.78 is 1.02. The van der Waals surface area contributed by atoms with Gasteiger partial charge in [0, 0.05) is 4.47 Å². The zero-order valence-electron chi connectivity index (χ0n) is 7.81. The van der Waals surface area contributed by atoms with Crippen LogP contribution in [0.4, 0.5) is 0 Å². The normalized spacial score (nSPS) is 12.3.